The van der Waals surface area contributed by atoms with Gasteiger partial charge < -0.3 is 24.7 Å². The van der Waals surface area contributed by atoms with Crippen molar-refractivity contribution in [2.45, 2.75) is 24.4 Å². The predicted molar refractivity (Wildman–Crippen MR) is 179 cm³/mol. The minimum atomic E-state index is -0.245. The first kappa shape index (κ1) is 31.1. The maximum absolute atomic E-state index is 12.9. The fraction of sp³-hybridized carbons (Fsp3) is 0.143. The highest BCUT2D eigenvalue weighted by atomic mass is 32.2. The van der Waals surface area contributed by atoms with Gasteiger partial charge in [-0.25, -0.2) is 0 Å². The maximum Gasteiger partial charge on any atom is 0.255 e. The summed E-state index contributed by atoms with van der Waals surface area (Å²) in [6.45, 7) is 2.75. The van der Waals surface area contributed by atoms with Gasteiger partial charge in [-0.05, 0) is 72.7 Å². The number of carbonyl (C=O) groups excluding carboxylic acids is 2. The second-order valence-corrected chi connectivity index (χ2v) is 10.8. The fourth-order valence-corrected chi connectivity index (χ4v) is 5.48. The van der Waals surface area contributed by atoms with E-state index in [4.69, 9.17) is 9.47 Å². The molecular weight excluding hydrogens is 586 g/mol. The molecule has 45 heavy (non-hydrogen) atoms. The zero-order valence-electron chi connectivity index (χ0n) is 25.2. The van der Waals surface area contributed by atoms with Crippen LogP contribution in [-0.4, -0.2) is 40.8 Å². The van der Waals surface area contributed by atoms with Crippen LogP contribution in [0.2, 0.25) is 0 Å². The topological polar surface area (TPSA) is 107 Å². The number of nitrogens with one attached hydrogen (secondary N) is 2. The van der Waals surface area contributed by atoms with Gasteiger partial charge >= 0.3 is 0 Å². The summed E-state index contributed by atoms with van der Waals surface area (Å²) in [7, 11) is 3.12. The summed E-state index contributed by atoms with van der Waals surface area (Å²) in [6, 6.07) is 29.9. The molecule has 0 aliphatic carbocycles. The van der Waals surface area contributed by atoms with E-state index in [-0.39, 0.29) is 11.8 Å². The van der Waals surface area contributed by atoms with Crippen molar-refractivity contribution in [3.8, 4) is 22.9 Å². The van der Waals surface area contributed by atoms with Crippen LogP contribution in [-0.2, 0) is 17.1 Å². The summed E-state index contributed by atoms with van der Waals surface area (Å²) >= 11 is 1.58. The Labute approximate surface area is 266 Å². The van der Waals surface area contributed by atoms with Crippen molar-refractivity contribution in [1.82, 2.24) is 14.8 Å². The Morgan fingerprint density at radius 2 is 1.62 bits per heavy atom. The van der Waals surface area contributed by atoms with E-state index < -0.39 is 0 Å². The lowest BCUT2D eigenvalue weighted by Gasteiger charge is -2.12. The monoisotopic (exact) mass is 619 g/mol. The van der Waals surface area contributed by atoms with Crippen molar-refractivity contribution >= 4 is 41.0 Å². The van der Waals surface area contributed by atoms with Gasteiger partial charge in [0.2, 0.25) is 5.91 Å². The molecule has 0 spiro atoms. The van der Waals surface area contributed by atoms with E-state index in [0.29, 0.717) is 40.7 Å². The molecule has 5 aromatic rings. The standard InChI is InChI=1S/C35H33N5O4S/c1-4-40-33(26-15-17-28(18-16-26)36-32(41)21-12-24-8-6-5-7-9-24)38-39-35(40)45-23-25-10-13-27(14-11-25)34(42)37-30-22-29(43-2)19-20-31(30)44-3/h5-22H,4,23H2,1-3H3,(H,36,41)(H,37,42)/b21-12+. The molecule has 0 atom stereocenters. The van der Waals surface area contributed by atoms with Crippen LogP contribution in [0.25, 0.3) is 17.5 Å². The van der Waals surface area contributed by atoms with E-state index in [1.165, 1.54) is 6.08 Å². The summed E-state index contributed by atoms with van der Waals surface area (Å²) in [5, 5.41) is 15.5. The number of aromatic nitrogens is 3. The van der Waals surface area contributed by atoms with Gasteiger partial charge in [0, 0.05) is 41.3 Å². The summed E-state index contributed by atoms with van der Waals surface area (Å²) in [5.41, 5.74) is 4.66. The van der Waals surface area contributed by atoms with Crippen LogP contribution in [0.5, 0.6) is 11.5 Å². The first-order valence-electron chi connectivity index (χ1n) is 14.3. The van der Waals surface area contributed by atoms with Gasteiger partial charge in [0.25, 0.3) is 5.91 Å². The van der Waals surface area contributed by atoms with Crippen LogP contribution in [0.4, 0.5) is 11.4 Å². The lowest BCUT2D eigenvalue weighted by atomic mass is 10.1. The highest BCUT2D eigenvalue weighted by Gasteiger charge is 2.15. The molecule has 228 valence electrons. The summed E-state index contributed by atoms with van der Waals surface area (Å²) in [5.74, 6) is 2.13. The summed E-state index contributed by atoms with van der Waals surface area (Å²) in [6.07, 6.45) is 3.29. The fourth-order valence-electron chi connectivity index (χ4n) is 4.52. The Hall–Kier alpha value is -5.35. The van der Waals surface area contributed by atoms with Crippen molar-refractivity contribution in [1.29, 1.82) is 0 Å². The number of rotatable bonds is 12. The van der Waals surface area contributed by atoms with Crippen molar-refractivity contribution in [2.24, 2.45) is 0 Å². The third kappa shape index (κ3) is 7.98. The van der Waals surface area contributed by atoms with Crippen LogP contribution in [0.3, 0.4) is 0 Å². The lowest BCUT2D eigenvalue weighted by molar-refractivity contribution is -0.111. The van der Waals surface area contributed by atoms with Gasteiger partial charge in [0.1, 0.15) is 11.5 Å². The van der Waals surface area contributed by atoms with Crippen molar-refractivity contribution in [3.05, 3.63) is 120 Å². The van der Waals surface area contributed by atoms with E-state index in [1.807, 2.05) is 66.7 Å². The van der Waals surface area contributed by atoms with E-state index in [1.54, 1.807) is 62.4 Å². The number of nitrogens with zero attached hydrogens (tertiary/aromatic N) is 3. The summed E-state index contributed by atoms with van der Waals surface area (Å²) in [4.78, 5) is 25.2. The van der Waals surface area contributed by atoms with Crippen LogP contribution in [0, 0.1) is 0 Å². The normalized spacial score (nSPS) is 10.9. The Morgan fingerprint density at radius 3 is 2.31 bits per heavy atom. The summed E-state index contributed by atoms with van der Waals surface area (Å²) < 4.78 is 12.7. The minimum absolute atomic E-state index is 0.201. The Bertz CT molecular complexity index is 1790. The van der Waals surface area contributed by atoms with E-state index >= 15 is 0 Å². The molecule has 2 N–H and O–H groups in total. The molecule has 0 aliphatic heterocycles. The zero-order valence-corrected chi connectivity index (χ0v) is 26.0. The second kappa shape index (κ2) is 14.9. The van der Waals surface area contributed by atoms with Gasteiger partial charge in [0.15, 0.2) is 11.0 Å². The molecular formula is C35H33N5O4S. The van der Waals surface area contributed by atoms with Crippen LogP contribution < -0.4 is 20.1 Å². The molecule has 1 aromatic heterocycles. The first-order chi connectivity index (χ1) is 22.0. The van der Waals surface area contributed by atoms with Crippen LogP contribution in [0.15, 0.2) is 108 Å². The third-order valence-electron chi connectivity index (χ3n) is 6.91. The molecule has 2 amide bonds. The molecule has 9 nitrogen and oxygen atoms in total. The largest absolute Gasteiger partial charge is 0.497 e. The molecule has 0 aliphatic rings. The van der Waals surface area contributed by atoms with Gasteiger partial charge in [0.05, 0.1) is 19.9 Å². The Morgan fingerprint density at radius 1 is 0.867 bits per heavy atom. The minimum Gasteiger partial charge on any atom is -0.497 e. The molecule has 0 saturated carbocycles. The molecule has 5 rings (SSSR count). The zero-order chi connectivity index (χ0) is 31.6. The molecule has 0 fully saturated rings. The molecule has 0 saturated heterocycles. The van der Waals surface area contributed by atoms with E-state index in [0.717, 1.165) is 27.7 Å². The SMILES string of the molecule is CCn1c(SCc2ccc(C(=O)Nc3cc(OC)ccc3OC)cc2)nnc1-c1ccc(NC(=O)/C=C/c2ccccc2)cc1. The number of thioether (sulfide) groups is 1. The average Bonchev–Trinajstić information content (AvgIpc) is 3.50. The van der Waals surface area contributed by atoms with Gasteiger partial charge in [-0.1, -0.05) is 54.2 Å². The molecule has 0 unspecified atom stereocenters. The van der Waals surface area contributed by atoms with Gasteiger partial charge in [-0.2, -0.15) is 0 Å². The number of ether oxygens (including phenoxy) is 2. The lowest BCUT2D eigenvalue weighted by Crippen LogP contribution is -2.12. The van der Waals surface area contributed by atoms with Crippen LogP contribution in [0.1, 0.15) is 28.4 Å². The molecule has 0 radical (unpaired) electrons. The molecule has 10 heteroatoms. The highest BCUT2D eigenvalue weighted by Crippen LogP contribution is 2.30. The number of carbonyl (C=O) groups is 2. The quantitative estimate of drug-likeness (QED) is 0.113. The first-order valence-corrected chi connectivity index (χ1v) is 15.3. The third-order valence-corrected chi connectivity index (χ3v) is 7.95. The Balaban J connectivity index is 1.18. The number of amides is 2. The van der Waals surface area contributed by atoms with E-state index in [9.17, 15) is 9.59 Å². The number of benzene rings is 4. The van der Waals surface area contributed by atoms with E-state index in [2.05, 4.69) is 32.3 Å². The van der Waals surface area contributed by atoms with Crippen molar-refractivity contribution < 1.29 is 19.1 Å². The number of hydrogen-bond acceptors (Lipinski definition) is 7. The number of methoxy groups -OCH3 is 2. The van der Waals surface area contributed by atoms with Crippen molar-refractivity contribution in [2.75, 3.05) is 24.9 Å². The van der Waals surface area contributed by atoms with Gasteiger partial charge in [-0.15, -0.1) is 10.2 Å². The Kier molecular flexibility index (Phi) is 10.3. The number of anilines is 2. The number of hydrogen-bond donors (Lipinski definition) is 2. The van der Waals surface area contributed by atoms with Gasteiger partial charge in [-0.3, -0.25) is 9.59 Å². The molecule has 4 aromatic carbocycles. The molecule has 1 heterocycles. The molecule has 0 bridgehead atoms. The maximum atomic E-state index is 12.9. The smallest absolute Gasteiger partial charge is 0.255 e. The second-order valence-electron chi connectivity index (χ2n) is 9.87. The van der Waals surface area contributed by atoms with Crippen molar-refractivity contribution in [3.63, 3.8) is 0 Å². The average molecular weight is 620 g/mol. The highest BCUT2D eigenvalue weighted by molar-refractivity contribution is 7.98. The van der Waals surface area contributed by atoms with Crippen LogP contribution >= 0.6 is 11.8 Å². The predicted octanol–water partition coefficient (Wildman–Crippen LogP) is 7.18.